The zero-order chi connectivity index (χ0) is 18.0. The molecule has 1 aliphatic rings. The van der Waals surface area contributed by atoms with Crippen molar-refractivity contribution in [2.24, 2.45) is 0 Å². The fourth-order valence-corrected chi connectivity index (χ4v) is 3.40. The summed E-state index contributed by atoms with van der Waals surface area (Å²) in [5, 5.41) is 0. The molecular weight excluding hydrogens is 380 g/mol. The van der Waals surface area contributed by atoms with Crippen molar-refractivity contribution in [1.82, 2.24) is 4.90 Å². The second-order valence-electron chi connectivity index (χ2n) is 6.28. The molecule has 0 spiro atoms. The molecule has 2 amide bonds. The number of carbonyl (C=O) groups excluding carboxylic acids is 2. The monoisotopic (exact) mass is 400 g/mol. The predicted molar refractivity (Wildman–Crippen MR) is 103 cm³/mol. The zero-order valence-corrected chi connectivity index (χ0v) is 16.0. The van der Waals surface area contributed by atoms with Crippen LogP contribution >= 0.6 is 15.9 Å². The lowest BCUT2D eigenvalue weighted by Gasteiger charge is -2.19. The van der Waals surface area contributed by atoms with Crippen molar-refractivity contribution >= 4 is 33.4 Å². The molecule has 0 bridgehead atoms. The molecule has 0 aliphatic carbocycles. The van der Waals surface area contributed by atoms with Crippen LogP contribution in [0.3, 0.4) is 0 Å². The fourth-order valence-electron chi connectivity index (χ4n) is 3.14. The fraction of sp³-hybridized carbons (Fsp3) is 0.300. The van der Waals surface area contributed by atoms with E-state index in [0.717, 1.165) is 27.7 Å². The number of benzene rings is 2. The molecule has 0 fully saturated rings. The molecule has 3 rings (SSSR count). The maximum atomic E-state index is 12.7. The maximum Gasteiger partial charge on any atom is 0.253 e. The summed E-state index contributed by atoms with van der Waals surface area (Å²) >= 11 is 3.42. The van der Waals surface area contributed by atoms with Gasteiger partial charge in [-0.2, -0.15) is 0 Å². The van der Waals surface area contributed by atoms with E-state index >= 15 is 0 Å². The first kappa shape index (κ1) is 17.7. The first-order valence-corrected chi connectivity index (χ1v) is 9.22. The Morgan fingerprint density at radius 2 is 1.88 bits per heavy atom. The van der Waals surface area contributed by atoms with Gasteiger partial charge in [-0.1, -0.05) is 35.0 Å². The van der Waals surface area contributed by atoms with Crippen LogP contribution in [0.2, 0.25) is 0 Å². The van der Waals surface area contributed by atoms with Crippen LogP contribution < -0.4 is 4.90 Å². The van der Waals surface area contributed by atoms with Crippen molar-refractivity contribution in [2.45, 2.75) is 26.3 Å². The van der Waals surface area contributed by atoms with Gasteiger partial charge in [0.25, 0.3) is 5.91 Å². The second kappa shape index (κ2) is 7.40. The van der Waals surface area contributed by atoms with E-state index in [9.17, 15) is 9.59 Å². The van der Waals surface area contributed by atoms with E-state index in [0.29, 0.717) is 25.1 Å². The van der Waals surface area contributed by atoms with Crippen LogP contribution in [0.25, 0.3) is 0 Å². The summed E-state index contributed by atoms with van der Waals surface area (Å²) in [4.78, 5) is 28.2. The number of hydrogen-bond donors (Lipinski definition) is 0. The van der Waals surface area contributed by atoms with Gasteiger partial charge < -0.3 is 9.80 Å². The summed E-state index contributed by atoms with van der Waals surface area (Å²) in [7, 11) is 1.81. The Morgan fingerprint density at radius 1 is 1.16 bits per heavy atom. The van der Waals surface area contributed by atoms with Crippen LogP contribution in [0.5, 0.6) is 0 Å². The van der Waals surface area contributed by atoms with Gasteiger partial charge in [0.05, 0.1) is 0 Å². The largest absolute Gasteiger partial charge is 0.337 e. The average molecular weight is 401 g/mol. The van der Waals surface area contributed by atoms with Gasteiger partial charge in [-0.3, -0.25) is 9.59 Å². The number of rotatable bonds is 4. The number of hydrogen-bond acceptors (Lipinski definition) is 2. The van der Waals surface area contributed by atoms with Crippen molar-refractivity contribution in [3.8, 4) is 0 Å². The van der Waals surface area contributed by atoms with Crippen molar-refractivity contribution < 1.29 is 9.59 Å². The molecule has 2 aromatic rings. The van der Waals surface area contributed by atoms with Gasteiger partial charge in [0.2, 0.25) is 5.91 Å². The third kappa shape index (κ3) is 3.76. The number of nitrogens with zero attached hydrogens (tertiary/aromatic N) is 2. The number of amides is 2. The number of carbonyl (C=O) groups is 2. The molecule has 0 aromatic heterocycles. The topological polar surface area (TPSA) is 40.6 Å². The van der Waals surface area contributed by atoms with Gasteiger partial charge in [-0.05, 0) is 47.9 Å². The van der Waals surface area contributed by atoms with E-state index in [1.54, 1.807) is 4.90 Å². The van der Waals surface area contributed by atoms with Gasteiger partial charge in [-0.25, -0.2) is 0 Å². The van der Waals surface area contributed by atoms with Crippen LogP contribution in [0, 0.1) is 0 Å². The highest BCUT2D eigenvalue weighted by Gasteiger charge is 2.25. The van der Waals surface area contributed by atoms with E-state index < -0.39 is 0 Å². The smallest absolute Gasteiger partial charge is 0.253 e. The van der Waals surface area contributed by atoms with E-state index in [4.69, 9.17) is 0 Å². The maximum absolute atomic E-state index is 12.7. The van der Waals surface area contributed by atoms with Crippen molar-refractivity contribution in [3.63, 3.8) is 0 Å². The Bertz CT molecular complexity index is 802. The molecule has 0 radical (unpaired) electrons. The van der Waals surface area contributed by atoms with Gasteiger partial charge in [0.1, 0.15) is 0 Å². The highest BCUT2D eigenvalue weighted by atomic mass is 79.9. The van der Waals surface area contributed by atoms with Gasteiger partial charge in [-0.15, -0.1) is 0 Å². The lowest BCUT2D eigenvalue weighted by atomic mass is 10.1. The van der Waals surface area contributed by atoms with Crippen LogP contribution in [0.15, 0.2) is 46.9 Å². The minimum absolute atomic E-state index is 0.00835. The van der Waals surface area contributed by atoms with E-state index in [-0.39, 0.29) is 11.8 Å². The molecule has 0 unspecified atom stereocenters. The number of fused-ring (bicyclic) bond motifs is 1. The van der Waals surface area contributed by atoms with Crippen molar-refractivity contribution in [2.75, 3.05) is 18.5 Å². The summed E-state index contributed by atoms with van der Waals surface area (Å²) in [5.41, 5.74) is 3.77. The zero-order valence-electron chi connectivity index (χ0n) is 14.5. The van der Waals surface area contributed by atoms with Crippen LogP contribution in [0.1, 0.15) is 34.8 Å². The Kier molecular flexibility index (Phi) is 5.23. The summed E-state index contributed by atoms with van der Waals surface area (Å²) in [5.74, 6) is 0.121. The lowest BCUT2D eigenvalue weighted by molar-refractivity contribution is -0.118. The third-order valence-corrected chi connectivity index (χ3v) is 5.03. The standard InChI is InChI=1S/C20H21BrN2O2/c1-3-19(24)23-11-10-15-12-16(6-9-18(15)23)20(25)22(2)13-14-4-7-17(21)8-5-14/h4-9,12H,3,10-11,13H2,1-2H3. The normalized spacial score (nSPS) is 12.8. The second-order valence-corrected chi connectivity index (χ2v) is 7.20. The SMILES string of the molecule is CCC(=O)N1CCc2cc(C(=O)N(C)Cc3ccc(Br)cc3)ccc21. The van der Waals surface area contributed by atoms with Crippen LogP contribution in [-0.2, 0) is 17.8 Å². The molecule has 2 aromatic carbocycles. The number of anilines is 1. The van der Waals surface area contributed by atoms with Crippen molar-refractivity contribution in [3.05, 3.63) is 63.6 Å². The minimum atomic E-state index is -0.00835. The molecule has 0 N–H and O–H groups in total. The quantitative estimate of drug-likeness (QED) is 0.777. The first-order valence-electron chi connectivity index (χ1n) is 8.42. The van der Waals surface area contributed by atoms with E-state index in [1.165, 1.54) is 0 Å². The minimum Gasteiger partial charge on any atom is -0.337 e. The Balaban J connectivity index is 1.74. The molecule has 1 aliphatic heterocycles. The first-order chi connectivity index (χ1) is 12.0. The summed E-state index contributed by atoms with van der Waals surface area (Å²) in [6.07, 6.45) is 1.30. The molecular formula is C20H21BrN2O2. The molecule has 0 atom stereocenters. The summed E-state index contributed by atoms with van der Waals surface area (Å²) in [6.45, 7) is 3.13. The molecule has 25 heavy (non-hydrogen) atoms. The van der Waals surface area contributed by atoms with Gasteiger partial charge in [0.15, 0.2) is 0 Å². The molecule has 1 heterocycles. The summed E-state index contributed by atoms with van der Waals surface area (Å²) < 4.78 is 1.02. The van der Waals surface area contributed by atoms with Crippen LogP contribution in [0.4, 0.5) is 5.69 Å². The predicted octanol–water partition coefficient (Wildman–Crippen LogP) is 4.02. The van der Waals surface area contributed by atoms with E-state index in [2.05, 4.69) is 15.9 Å². The molecule has 4 nitrogen and oxygen atoms in total. The summed E-state index contributed by atoms with van der Waals surface area (Å²) in [6, 6.07) is 13.6. The van der Waals surface area contributed by atoms with Gasteiger partial charge >= 0.3 is 0 Å². The number of halogens is 1. The average Bonchev–Trinajstić information content (AvgIpc) is 3.05. The Morgan fingerprint density at radius 3 is 2.56 bits per heavy atom. The molecule has 5 heteroatoms. The van der Waals surface area contributed by atoms with Crippen molar-refractivity contribution in [1.29, 1.82) is 0 Å². The highest BCUT2D eigenvalue weighted by Crippen LogP contribution is 2.29. The third-order valence-electron chi connectivity index (χ3n) is 4.51. The Hall–Kier alpha value is -2.14. The van der Waals surface area contributed by atoms with Gasteiger partial charge in [0, 0.05) is 42.3 Å². The molecule has 0 saturated carbocycles. The highest BCUT2D eigenvalue weighted by molar-refractivity contribution is 9.10. The van der Waals surface area contributed by atoms with E-state index in [1.807, 2.05) is 61.3 Å². The lowest BCUT2D eigenvalue weighted by Crippen LogP contribution is -2.28. The molecule has 130 valence electrons. The van der Waals surface area contributed by atoms with Crippen LogP contribution in [-0.4, -0.2) is 30.3 Å². The Labute approximate surface area is 156 Å². The molecule has 0 saturated heterocycles.